The van der Waals surface area contributed by atoms with Crippen molar-refractivity contribution in [3.05, 3.63) is 59.2 Å². The summed E-state index contributed by atoms with van der Waals surface area (Å²) in [7, 11) is 3.28. The molecule has 0 amide bonds. The van der Waals surface area contributed by atoms with E-state index in [-0.39, 0.29) is 12.4 Å². The van der Waals surface area contributed by atoms with Crippen LogP contribution in [0.5, 0.6) is 11.5 Å². The molecule has 0 atom stereocenters. The fourth-order valence-corrected chi connectivity index (χ4v) is 2.07. The van der Waals surface area contributed by atoms with Crippen molar-refractivity contribution in [2.24, 2.45) is 0 Å². The second-order valence-corrected chi connectivity index (χ2v) is 4.64. The van der Waals surface area contributed by atoms with Gasteiger partial charge in [0.1, 0.15) is 11.5 Å². The Labute approximate surface area is 137 Å². The summed E-state index contributed by atoms with van der Waals surface area (Å²) in [5.41, 5.74) is 2.85. The first-order valence-electron chi connectivity index (χ1n) is 6.67. The number of hydrogen-bond donors (Lipinski definition) is 1. The van der Waals surface area contributed by atoms with E-state index in [1.807, 2.05) is 36.4 Å². The lowest BCUT2D eigenvalue weighted by molar-refractivity contribution is 0.393. The number of halogens is 1. The molecule has 0 unspecified atom stereocenters. The van der Waals surface area contributed by atoms with Gasteiger partial charge < -0.3 is 14.8 Å². The average molecular weight is 319 g/mol. The fraction of sp³-hybridized carbons (Fsp3) is 0.235. The lowest BCUT2D eigenvalue weighted by atomic mass is 10.1. The molecule has 2 aromatic rings. The van der Waals surface area contributed by atoms with Gasteiger partial charge >= 0.3 is 0 Å². The number of nitrogens with one attached hydrogen (secondary N) is 1. The summed E-state index contributed by atoms with van der Waals surface area (Å²) in [4.78, 5) is 0. The van der Waals surface area contributed by atoms with Crippen molar-refractivity contribution in [3.63, 3.8) is 0 Å². The van der Waals surface area contributed by atoms with Crippen LogP contribution in [0.1, 0.15) is 16.7 Å². The molecular formula is C17H19ClN2O2. The molecule has 2 aromatic carbocycles. The summed E-state index contributed by atoms with van der Waals surface area (Å²) in [6.07, 6.45) is 0. The maximum Gasteiger partial charge on any atom is 0.122 e. The Kier molecular flexibility index (Phi) is 7.24. The number of nitriles is 1. The van der Waals surface area contributed by atoms with Gasteiger partial charge in [-0.15, -0.1) is 12.4 Å². The molecular weight excluding hydrogens is 300 g/mol. The zero-order valence-electron chi connectivity index (χ0n) is 12.6. The van der Waals surface area contributed by atoms with Gasteiger partial charge in [-0.25, -0.2) is 0 Å². The third-order valence-corrected chi connectivity index (χ3v) is 3.13. The van der Waals surface area contributed by atoms with E-state index in [0.717, 1.165) is 22.6 Å². The van der Waals surface area contributed by atoms with E-state index < -0.39 is 0 Å². The van der Waals surface area contributed by atoms with E-state index in [1.54, 1.807) is 20.3 Å². The van der Waals surface area contributed by atoms with Gasteiger partial charge in [0.15, 0.2) is 0 Å². The quantitative estimate of drug-likeness (QED) is 0.888. The van der Waals surface area contributed by atoms with Gasteiger partial charge in [0.05, 0.1) is 25.9 Å². The highest BCUT2D eigenvalue weighted by atomic mass is 35.5. The van der Waals surface area contributed by atoms with Crippen LogP contribution in [0.2, 0.25) is 0 Å². The zero-order chi connectivity index (χ0) is 15.1. The highest BCUT2D eigenvalue weighted by molar-refractivity contribution is 5.85. The molecule has 0 aromatic heterocycles. The molecule has 5 heteroatoms. The molecule has 0 spiro atoms. The number of ether oxygens (including phenoxy) is 2. The Balaban J connectivity index is 0.00000242. The fourth-order valence-electron chi connectivity index (χ4n) is 2.07. The molecule has 1 N–H and O–H groups in total. The number of nitrogens with zero attached hydrogens (tertiary/aromatic N) is 1. The van der Waals surface area contributed by atoms with Crippen molar-refractivity contribution in [3.8, 4) is 17.6 Å². The summed E-state index contributed by atoms with van der Waals surface area (Å²) in [6.45, 7) is 1.40. The maximum absolute atomic E-state index is 8.88. The molecule has 0 heterocycles. The number of rotatable bonds is 6. The molecule has 0 aliphatic rings. The van der Waals surface area contributed by atoms with Crippen LogP contribution in [0.4, 0.5) is 0 Å². The molecule has 0 saturated carbocycles. The second kappa shape index (κ2) is 8.93. The van der Waals surface area contributed by atoms with Crippen molar-refractivity contribution in [2.75, 3.05) is 14.2 Å². The van der Waals surface area contributed by atoms with Crippen molar-refractivity contribution < 1.29 is 9.47 Å². The van der Waals surface area contributed by atoms with Crippen LogP contribution in [-0.4, -0.2) is 14.2 Å². The van der Waals surface area contributed by atoms with Crippen molar-refractivity contribution in [2.45, 2.75) is 13.1 Å². The molecule has 2 rings (SSSR count). The highest BCUT2D eigenvalue weighted by Crippen LogP contribution is 2.22. The van der Waals surface area contributed by atoms with E-state index in [4.69, 9.17) is 14.7 Å². The summed E-state index contributed by atoms with van der Waals surface area (Å²) in [5, 5.41) is 12.2. The monoisotopic (exact) mass is 318 g/mol. The zero-order valence-corrected chi connectivity index (χ0v) is 13.4. The van der Waals surface area contributed by atoms with E-state index in [9.17, 15) is 0 Å². The molecule has 4 nitrogen and oxygen atoms in total. The van der Waals surface area contributed by atoms with Gasteiger partial charge in [0, 0.05) is 19.2 Å². The Bertz CT molecular complexity index is 631. The first-order chi connectivity index (χ1) is 10.2. The van der Waals surface area contributed by atoms with Crippen LogP contribution >= 0.6 is 12.4 Å². The maximum atomic E-state index is 8.88. The van der Waals surface area contributed by atoms with Crippen LogP contribution in [-0.2, 0) is 13.1 Å². The number of methoxy groups -OCH3 is 2. The van der Waals surface area contributed by atoms with E-state index >= 15 is 0 Å². The van der Waals surface area contributed by atoms with Crippen LogP contribution in [0, 0.1) is 11.3 Å². The normalized spacial score (nSPS) is 9.50. The molecule has 0 saturated heterocycles. The molecule has 0 bridgehead atoms. The number of benzene rings is 2. The van der Waals surface area contributed by atoms with Crippen LogP contribution in [0.25, 0.3) is 0 Å². The first-order valence-corrected chi connectivity index (χ1v) is 6.67. The minimum Gasteiger partial charge on any atom is -0.497 e. The van der Waals surface area contributed by atoms with Crippen molar-refractivity contribution in [1.82, 2.24) is 5.32 Å². The van der Waals surface area contributed by atoms with Gasteiger partial charge in [-0.2, -0.15) is 5.26 Å². The van der Waals surface area contributed by atoms with Gasteiger partial charge in [-0.05, 0) is 35.4 Å². The Morgan fingerprint density at radius 3 is 2.18 bits per heavy atom. The van der Waals surface area contributed by atoms with Gasteiger partial charge in [-0.3, -0.25) is 0 Å². The standard InChI is InChI=1S/C17H18N2O2.ClH/c1-20-16-7-15(8-17(9-16)21-2)12-19-11-14-5-3-4-13(6-14)10-18;/h3-9,19H,11-12H2,1-2H3;1H. The van der Waals surface area contributed by atoms with E-state index in [2.05, 4.69) is 11.4 Å². The van der Waals surface area contributed by atoms with Crippen molar-refractivity contribution in [1.29, 1.82) is 5.26 Å². The predicted octanol–water partition coefficient (Wildman–Crippen LogP) is 3.29. The summed E-state index contributed by atoms with van der Waals surface area (Å²) in [5.74, 6) is 1.55. The Morgan fingerprint density at radius 1 is 0.955 bits per heavy atom. The topological polar surface area (TPSA) is 54.3 Å². The van der Waals surface area contributed by atoms with Gasteiger partial charge in [-0.1, -0.05) is 12.1 Å². The summed E-state index contributed by atoms with van der Waals surface area (Å²) >= 11 is 0. The second-order valence-electron chi connectivity index (χ2n) is 4.64. The predicted molar refractivity (Wildman–Crippen MR) is 88.5 cm³/mol. The highest BCUT2D eigenvalue weighted by Gasteiger charge is 2.02. The molecule has 0 aliphatic carbocycles. The molecule has 0 fully saturated rings. The smallest absolute Gasteiger partial charge is 0.122 e. The molecule has 22 heavy (non-hydrogen) atoms. The molecule has 0 aliphatic heterocycles. The Hall–Kier alpha value is -2.22. The van der Waals surface area contributed by atoms with E-state index in [1.165, 1.54) is 0 Å². The van der Waals surface area contributed by atoms with Gasteiger partial charge in [0.25, 0.3) is 0 Å². The van der Waals surface area contributed by atoms with Gasteiger partial charge in [0.2, 0.25) is 0 Å². The largest absolute Gasteiger partial charge is 0.497 e. The van der Waals surface area contributed by atoms with Crippen LogP contribution in [0.3, 0.4) is 0 Å². The lowest BCUT2D eigenvalue weighted by Crippen LogP contribution is -2.12. The summed E-state index contributed by atoms with van der Waals surface area (Å²) < 4.78 is 10.5. The first kappa shape index (κ1) is 17.8. The summed E-state index contributed by atoms with van der Waals surface area (Å²) in [6, 6.07) is 15.5. The van der Waals surface area contributed by atoms with Crippen LogP contribution < -0.4 is 14.8 Å². The number of hydrogen-bond acceptors (Lipinski definition) is 4. The lowest BCUT2D eigenvalue weighted by Gasteiger charge is -2.09. The molecule has 0 radical (unpaired) electrons. The van der Waals surface area contributed by atoms with E-state index in [0.29, 0.717) is 18.7 Å². The third kappa shape index (κ3) is 4.96. The minimum absolute atomic E-state index is 0. The van der Waals surface area contributed by atoms with Crippen LogP contribution in [0.15, 0.2) is 42.5 Å². The average Bonchev–Trinajstić information content (AvgIpc) is 2.54. The Morgan fingerprint density at radius 2 is 1.59 bits per heavy atom. The minimum atomic E-state index is 0. The van der Waals surface area contributed by atoms with Crippen molar-refractivity contribution >= 4 is 12.4 Å². The third-order valence-electron chi connectivity index (χ3n) is 3.13. The molecule has 116 valence electrons. The SMILES string of the molecule is COc1cc(CNCc2cccc(C#N)c2)cc(OC)c1.Cl.